The van der Waals surface area contributed by atoms with E-state index in [2.05, 4.69) is 90.3 Å². The van der Waals surface area contributed by atoms with Crippen molar-refractivity contribution >= 4 is 44.6 Å². The van der Waals surface area contributed by atoms with E-state index in [0.717, 1.165) is 0 Å². The van der Waals surface area contributed by atoms with E-state index in [4.69, 9.17) is 0 Å². The number of nitrogens with zero attached hydrogens (tertiary/aromatic N) is 2. The van der Waals surface area contributed by atoms with Crippen molar-refractivity contribution in [2.75, 3.05) is 11.9 Å². The van der Waals surface area contributed by atoms with E-state index >= 15 is 0 Å². The zero-order chi connectivity index (χ0) is 17.0. The molecule has 1 aliphatic heterocycles. The van der Waals surface area contributed by atoms with Gasteiger partial charge in [0.15, 0.2) is 0 Å². The SMILES string of the molecule is CN1/C(=C2/C=CC(c3sc4ccccc4[n+]3C)=C2)Sc2ccccc21. The van der Waals surface area contributed by atoms with Gasteiger partial charge in [0.2, 0.25) is 5.52 Å². The summed E-state index contributed by atoms with van der Waals surface area (Å²) in [5.74, 6) is 0. The van der Waals surface area contributed by atoms with Crippen molar-refractivity contribution < 1.29 is 4.57 Å². The Balaban J connectivity index is 1.58. The summed E-state index contributed by atoms with van der Waals surface area (Å²) in [5, 5.41) is 2.60. The summed E-state index contributed by atoms with van der Waals surface area (Å²) in [4.78, 5) is 3.62. The van der Waals surface area contributed by atoms with Gasteiger partial charge in [-0.3, -0.25) is 0 Å². The van der Waals surface area contributed by atoms with Gasteiger partial charge < -0.3 is 4.90 Å². The van der Waals surface area contributed by atoms with Crippen molar-refractivity contribution in [2.24, 2.45) is 7.05 Å². The number of benzene rings is 2. The molecule has 1 aliphatic carbocycles. The zero-order valence-corrected chi connectivity index (χ0v) is 15.7. The molecule has 2 nitrogen and oxygen atoms in total. The van der Waals surface area contributed by atoms with Crippen LogP contribution in [0.3, 0.4) is 0 Å². The van der Waals surface area contributed by atoms with Gasteiger partial charge in [0.1, 0.15) is 11.7 Å². The van der Waals surface area contributed by atoms with Crippen LogP contribution in [0.2, 0.25) is 0 Å². The van der Waals surface area contributed by atoms with Crippen molar-refractivity contribution in [3.63, 3.8) is 0 Å². The van der Waals surface area contributed by atoms with Crippen molar-refractivity contribution in [1.82, 2.24) is 0 Å². The third-order valence-corrected chi connectivity index (χ3v) is 7.26. The fraction of sp³-hybridized carbons (Fsp3) is 0.0952. The highest BCUT2D eigenvalue weighted by Crippen LogP contribution is 2.47. The van der Waals surface area contributed by atoms with Crippen LogP contribution >= 0.6 is 23.1 Å². The molecule has 4 heteroatoms. The summed E-state index contributed by atoms with van der Waals surface area (Å²) in [7, 11) is 4.31. The second kappa shape index (κ2) is 5.61. The van der Waals surface area contributed by atoms with Crippen LogP contribution in [0.15, 0.2) is 82.3 Å². The first-order valence-electron chi connectivity index (χ1n) is 8.25. The molecule has 25 heavy (non-hydrogen) atoms. The van der Waals surface area contributed by atoms with E-state index in [1.165, 1.54) is 42.0 Å². The third-order valence-electron chi connectivity index (χ3n) is 4.72. The Hall–Kier alpha value is -2.30. The number of para-hydroxylation sites is 2. The van der Waals surface area contributed by atoms with Crippen LogP contribution < -0.4 is 9.47 Å². The molecular formula is C21H17N2S2+. The van der Waals surface area contributed by atoms with Gasteiger partial charge in [-0.15, -0.1) is 0 Å². The van der Waals surface area contributed by atoms with E-state index < -0.39 is 0 Å². The first kappa shape index (κ1) is 15.0. The highest BCUT2D eigenvalue weighted by Gasteiger charge is 2.26. The Labute approximate surface area is 155 Å². The molecule has 3 aromatic rings. The second-order valence-electron chi connectivity index (χ2n) is 6.26. The second-order valence-corrected chi connectivity index (χ2v) is 8.32. The minimum atomic E-state index is 1.29. The lowest BCUT2D eigenvalue weighted by Gasteiger charge is -2.14. The molecule has 0 spiro atoms. The fourth-order valence-corrected chi connectivity index (χ4v) is 5.71. The molecule has 1 aromatic heterocycles. The van der Waals surface area contributed by atoms with E-state index in [-0.39, 0.29) is 0 Å². The topological polar surface area (TPSA) is 7.12 Å². The molecule has 0 amide bonds. The highest BCUT2D eigenvalue weighted by molar-refractivity contribution is 8.03. The monoisotopic (exact) mass is 361 g/mol. The van der Waals surface area contributed by atoms with E-state index in [0.29, 0.717) is 0 Å². The number of thiazole rings is 1. The third kappa shape index (κ3) is 2.29. The Kier molecular flexibility index (Phi) is 3.37. The number of hydrogen-bond acceptors (Lipinski definition) is 3. The molecule has 0 radical (unpaired) electrons. The fourth-order valence-electron chi connectivity index (χ4n) is 3.42. The van der Waals surface area contributed by atoms with Gasteiger partial charge in [-0.1, -0.05) is 53.4 Å². The van der Waals surface area contributed by atoms with Gasteiger partial charge in [-0.25, -0.2) is 0 Å². The minimum absolute atomic E-state index is 1.29. The maximum atomic E-state index is 2.31. The summed E-state index contributed by atoms with van der Waals surface area (Å²) in [6.45, 7) is 0. The van der Waals surface area contributed by atoms with Crippen LogP contribution in [0.4, 0.5) is 5.69 Å². The number of aryl methyl sites for hydroxylation is 1. The van der Waals surface area contributed by atoms with Crippen molar-refractivity contribution in [2.45, 2.75) is 4.90 Å². The van der Waals surface area contributed by atoms with Crippen molar-refractivity contribution in [3.05, 3.63) is 82.4 Å². The Morgan fingerprint density at radius 3 is 2.60 bits per heavy atom. The quantitative estimate of drug-likeness (QED) is 0.555. The number of rotatable bonds is 1. The molecule has 0 bridgehead atoms. The molecule has 2 aromatic carbocycles. The molecular weight excluding hydrogens is 344 g/mol. The minimum Gasteiger partial charge on any atom is -0.338 e. The number of thioether (sulfide) groups is 1. The van der Waals surface area contributed by atoms with Crippen LogP contribution in [-0.4, -0.2) is 7.05 Å². The summed E-state index contributed by atoms with van der Waals surface area (Å²) in [6, 6.07) is 17.2. The molecule has 122 valence electrons. The lowest BCUT2D eigenvalue weighted by molar-refractivity contribution is -0.642. The van der Waals surface area contributed by atoms with Crippen LogP contribution in [-0.2, 0) is 7.05 Å². The average molecular weight is 362 g/mol. The Bertz CT molecular complexity index is 1100. The van der Waals surface area contributed by atoms with Crippen molar-refractivity contribution in [3.8, 4) is 0 Å². The van der Waals surface area contributed by atoms with Crippen LogP contribution in [0.5, 0.6) is 0 Å². The van der Waals surface area contributed by atoms with Gasteiger partial charge in [0, 0.05) is 23.6 Å². The highest BCUT2D eigenvalue weighted by atomic mass is 32.2. The van der Waals surface area contributed by atoms with Gasteiger partial charge in [-0.2, -0.15) is 4.57 Å². The van der Waals surface area contributed by atoms with Gasteiger partial charge >= 0.3 is 0 Å². The summed E-state index contributed by atoms with van der Waals surface area (Å²) in [6.07, 6.45) is 6.80. The molecule has 5 rings (SSSR count). The Morgan fingerprint density at radius 1 is 0.960 bits per heavy atom. The molecule has 2 aliphatic rings. The van der Waals surface area contributed by atoms with Crippen LogP contribution in [0.25, 0.3) is 15.8 Å². The first-order chi connectivity index (χ1) is 12.2. The zero-order valence-electron chi connectivity index (χ0n) is 14.1. The largest absolute Gasteiger partial charge is 0.338 e. The molecule has 0 unspecified atom stereocenters. The average Bonchev–Trinajstić information content (AvgIpc) is 3.32. The van der Waals surface area contributed by atoms with Crippen LogP contribution in [0.1, 0.15) is 5.01 Å². The van der Waals surface area contributed by atoms with Crippen molar-refractivity contribution in [1.29, 1.82) is 0 Å². The van der Waals surface area contributed by atoms with Crippen LogP contribution in [0, 0.1) is 0 Å². The number of fused-ring (bicyclic) bond motifs is 2. The molecule has 0 atom stereocenters. The standard InChI is InChI=1S/C21H17N2S2/c1-22-16-7-3-5-9-18(16)24-20(22)14-11-12-15(13-14)21-23(2)17-8-4-6-10-19(17)25-21/h3-13H,1-2H3/q+1. The van der Waals surface area contributed by atoms with E-state index in [9.17, 15) is 0 Å². The molecule has 0 N–H and O–H groups in total. The summed E-state index contributed by atoms with van der Waals surface area (Å²) >= 11 is 3.71. The maximum absolute atomic E-state index is 2.31. The summed E-state index contributed by atoms with van der Waals surface area (Å²) in [5.41, 5.74) is 5.16. The van der Waals surface area contributed by atoms with E-state index in [1.54, 1.807) is 0 Å². The van der Waals surface area contributed by atoms with Gasteiger partial charge in [0.25, 0.3) is 5.01 Å². The van der Waals surface area contributed by atoms with E-state index in [1.807, 2.05) is 23.1 Å². The molecule has 2 heterocycles. The number of hydrogen-bond donors (Lipinski definition) is 0. The predicted molar refractivity (Wildman–Crippen MR) is 108 cm³/mol. The maximum Gasteiger partial charge on any atom is 0.269 e. The molecule has 0 fully saturated rings. The Morgan fingerprint density at radius 2 is 1.76 bits per heavy atom. The summed E-state index contributed by atoms with van der Waals surface area (Å²) < 4.78 is 3.62. The number of allylic oxidation sites excluding steroid dienone is 5. The predicted octanol–water partition coefficient (Wildman–Crippen LogP) is 5.13. The molecule has 0 saturated carbocycles. The molecule has 0 saturated heterocycles. The lowest BCUT2D eigenvalue weighted by atomic mass is 10.2. The normalized spacial score (nSPS) is 19.0. The van der Waals surface area contributed by atoms with Gasteiger partial charge in [-0.05, 0) is 30.4 Å². The van der Waals surface area contributed by atoms with Gasteiger partial charge in [0.05, 0.1) is 16.3 Å². The lowest BCUT2D eigenvalue weighted by Crippen LogP contribution is -2.29. The number of aromatic nitrogens is 1. The first-order valence-corrected chi connectivity index (χ1v) is 9.88. The smallest absolute Gasteiger partial charge is 0.269 e. The number of anilines is 1.